The van der Waals surface area contributed by atoms with E-state index in [1.807, 2.05) is 36.7 Å². The topological polar surface area (TPSA) is 39.9 Å². The van der Waals surface area contributed by atoms with Gasteiger partial charge in [0.2, 0.25) is 0 Å². The lowest BCUT2D eigenvalue weighted by atomic mass is 10.4. The summed E-state index contributed by atoms with van der Waals surface area (Å²) in [5, 5.41) is 4.35. The summed E-state index contributed by atoms with van der Waals surface area (Å²) < 4.78 is 6.86. The zero-order valence-electron chi connectivity index (χ0n) is 9.06. The van der Waals surface area contributed by atoms with Gasteiger partial charge in [0.1, 0.15) is 5.75 Å². The maximum absolute atomic E-state index is 5.05. The number of aromatic nitrogens is 3. The lowest BCUT2D eigenvalue weighted by Crippen LogP contribution is -2.01. The van der Waals surface area contributed by atoms with E-state index in [-0.39, 0.29) is 0 Å². The Morgan fingerprint density at radius 1 is 1.27 bits per heavy atom. The van der Waals surface area contributed by atoms with E-state index in [4.69, 9.17) is 4.74 Å². The van der Waals surface area contributed by atoms with Gasteiger partial charge >= 0.3 is 0 Å². The van der Waals surface area contributed by atoms with Crippen LogP contribution in [0.5, 0.6) is 5.75 Å². The summed E-state index contributed by atoms with van der Waals surface area (Å²) in [6.45, 7) is 3.97. The monoisotopic (exact) mass is 203 g/mol. The average molecular weight is 203 g/mol. The van der Waals surface area contributed by atoms with Crippen LogP contribution in [0.1, 0.15) is 11.4 Å². The van der Waals surface area contributed by atoms with Crippen molar-refractivity contribution in [2.24, 2.45) is 0 Å². The number of aryl methyl sites for hydroxylation is 2. The first-order valence-corrected chi connectivity index (χ1v) is 4.74. The van der Waals surface area contributed by atoms with Crippen LogP contribution in [-0.4, -0.2) is 21.9 Å². The third kappa shape index (κ3) is 1.83. The van der Waals surface area contributed by atoms with Crippen LogP contribution in [0, 0.1) is 13.8 Å². The van der Waals surface area contributed by atoms with Crippen LogP contribution in [0.25, 0.3) is 5.82 Å². The molecular weight excluding hydrogens is 190 g/mol. The van der Waals surface area contributed by atoms with E-state index in [0.717, 1.165) is 23.0 Å². The number of rotatable bonds is 2. The minimum absolute atomic E-state index is 0.750. The number of pyridine rings is 1. The van der Waals surface area contributed by atoms with Crippen molar-refractivity contribution in [3.63, 3.8) is 0 Å². The maximum atomic E-state index is 5.05. The first-order valence-electron chi connectivity index (χ1n) is 4.74. The Labute approximate surface area is 88.5 Å². The van der Waals surface area contributed by atoms with Gasteiger partial charge < -0.3 is 4.74 Å². The molecule has 0 atom stereocenters. The maximum Gasteiger partial charge on any atom is 0.153 e. The van der Waals surface area contributed by atoms with Crippen LogP contribution in [-0.2, 0) is 0 Å². The molecule has 4 nitrogen and oxygen atoms in total. The van der Waals surface area contributed by atoms with Crippen molar-refractivity contribution < 1.29 is 4.74 Å². The molecule has 0 spiro atoms. The SMILES string of the molecule is COc1ccc(-n2nc(C)cc2C)nc1. The molecular formula is C11H13N3O. The standard InChI is InChI=1S/C11H13N3O/c1-8-6-9(2)14(13-8)11-5-4-10(15-3)7-12-11/h4-7H,1-3H3. The highest BCUT2D eigenvalue weighted by atomic mass is 16.5. The van der Waals surface area contributed by atoms with Crippen LogP contribution in [0.4, 0.5) is 0 Å². The first-order chi connectivity index (χ1) is 7.20. The number of nitrogens with zero attached hydrogens (tertiary/aromatic N) is 3. The molecule has 0 amide bonds. The van der Waals surface area contributed by atoms with E-state index < -0.39 is 0 Å². The Hall–Kier alpha value is -1.84. The van der Waals surface area contributed by atoms with Gasteiger partial charge in [-0.05, 0) is 32.0 Å². The molecule has 0 bridgehead atoms. The van der Waals surface area contributed by atoms with Crippen LogP contribution >= 0.6 is 0 Å². The van der Waals surface area contributed by atoms with Crippen molar-refractivity contribution in [1.82, 2.24) is 14.8 Å². The number of hydrogen-bond acceptors (Lipinski definition) is 3. The van der Waals surface area contributed by atoms with Crippen molar-refractivity contribution in [3.8, 4) is 11.6 Å². The molecule has 0 radical (unpaired) electrons. The molecule has 0 saturated carbocycles. The smallest absolute Gasteiger partial charge is 0.153 e. The first kappa shape index (κ1) is 9.71. The van der Waals surface area contributed by atoms with Gasteiger partial charge in [-0.3, -0.25) is 0 Å². The van der Waals surface area contributed by atoms with E-state index in [9.17, 15) is 0 Å². The summed E-state index contributed by atoms with van der Waals surface area (Å²) in [6, 6.07) is 5.78. The summed E-state index contributed by atoms with van der Waals surface area (Å²) in [5.74, 6) is 1.56. The summed E-state index contributed by atoms with van der Waals surface area (Å²) >= 11 is 0. The molecule has 15 heavy (non-hydrogen) atoms. The van der Waals surface area contributed by atoms with Crippen LogP contribution < -0.4 is 4.74 Å². The minimum Gasteiger partial charge on any atom is -0.495 e. The summed E-state index contributed by atoms with van der Waals surface area (Å²) in [4.78, 5) is 4.27. The fourth-order valence-corrected chi connectivity index (χ4v) is 1.48. The predicted molar refractivity (Wildman–Crippen MR) is 57.4 cm³/mol. The minimum atomic E-state index is 0.750. The highest BCUT2D eigenvalue weighted by molar-refractivity contribution is 5.30. The molecule has 2 rings (SSSR count). The number of hydrogen-bond donors (Lipinski definition) is 0. The van der Waals surface area contributed by atoms with Gasteiger partial charge in [0.25, 0.3) is 0 Å². The van der Waals surface area contributed by atoms with E-state index in [1.54, 1.807) is 13.3 Å². The quantitative estimate of drug-likeness (QED) is 0.748. The zero-order valence-corrected chi connectivity index (χ0v) is 9.06. The van der Waals surface area contributed by atoms with Crippen molar-refractivity contribution in [3.05, 3.63) is 35.8 Å². The Morgan fingerprint density at radius 2 is 2.07 bits per heavy atom. The second-order valence-electron chi connectivity index (χ2n) is 3.40. The van der Waals surface area contributed by atoms with Crippen LogP contribution in [0.2, 0.25) is 0 Å². The molecule has 2 heterocycles. The second kappa shape index (κ2) is 3.73. The molecule has 2 aromatic heterocycles. The van der Waals surface area contributed by atoms with Crippen molar-refractivity contribution >= 4 is 0 Å². The van der Waals surface area contributed by atoms with Gasteiger partial charge in [0.05, 0.1) is 19.0 Å². The fourth-order valence-electron chi connectivity index (χ4n) is 1.48. The number of ether oxygens (including phenoxy) is 1. The second-order valence-corrected chi connectivity index (χ2v) is 3.40. The summed E-state index contributed by atoms with van der Waals surface area (Å²) in [7, 11) is 1.62. The van der Waals surface area contributed by atoms with Gasteiger partial charge in [-0.25, -0.2) is 9.67 Å². The summed E-state index contributed by atoms with van der Waals surface area (Å²) in [5.41, 5.74) is 2.07. The highest BCUT2D eigenvalue weighted by Crippen LogP contribution is 2.13. The van der Waals surface area contributed by atoms with Crippen LogP contribution in [0.15, 0.2) is 24.4 Å². The molecule has 2 aromatic rings. The molecule has 0 aliphatic rings. The molecule has 0 aliphatic carbocycles. The molecule has 0 N–H and O–H groups in total. The molecule has 4 heteroatoms. The van der Waals surface area contributed by atoms with Gasteiger partial charge in [0, 0.05) is 5.69 Å². The largest absolute Gasteiger partial charge is 0.495 e. The third-order valence-electron chi connectivity index (χ3n) is 2.18. The Bertz CT molecular complexity index is 459. The van der Waals surface area contributed by atoms with Crippen LogP contribution in [0.3, 0.4) is 0 Å². The average Bonchev–Trinajstić information content (AvgIpc) is 2.58. The van der Waals surface area contributed by atoms with Crippen molar-refractivity contribution in [2.45, 2.75) is 13.8 Å². The van der Waals surface area contributed by atoms with E-state index in [0.29, 0.717) is 0 Å². The Morgan fingerprint density at radius 3 is 2.53 bits per heavy atom. The van der Waals surface area contributed by atoms with Crippen molar-refractivity contribution in [1.29, 1.82) is 0 Å². The van der Waals surface area contributed by atoms with Gasteiger partial charge in [-0.1, -0.05) is 0 Å². The van der Waals surface area contributed by atoms with E-state index in [1.165, 1.54) is 0 Å². The molecule has 0 saturated heterocycles. The fraction of sp³-hybridized carbons (Fsp3) is 0.273. The number of methoxy groups -OCH3 is 1. The van der Waals surface area contributed by atoms with E-state index >= 15 is 0 Å². The summed E-state index contributed by atoms with van der Waals surface area (Å²) in [6.07, 6.45) is 1.69. The lowest BCUT2D eigenvalue weighted by molar-refractivity contribution is 0.412. The molecule has 78 valence electrons. The molecule has 0 fully saturated rings. The van der Waals surface area contributed by atoms with E-state index in [2.05, 4.69) is 10.1 Å². The van der Waals surface area contributed by atoms with Gasteiger partial charge in [-0.15, -0.1) is 0 Å². The van der Waals surface area contributed by atoms with Gasteiger partial charge in [0.15, 0.2) is 5.82 Å². The Balaban J connectivity index is 2.41. The molecule has 0 aromatic carbocycles. The Kier molecular flexibility index (Phi) is 2.41. The normalized spacial score (nSPS) is 10.3. The third-order valence-corrected chi connectivity index (χ3v) is 2.18. The van der Waals surface area contributed by atoms with Crippen molar-refractivity contribution in [2.75, 3.05) is 7.11 Å². The van der Waals surface area contributed by atoms with Gasteiger partial charge in [-0.2, -0.15) is 5.10 Å². The predicted octanol–water partition coefficient (Wildman–Crippen LogP) is 1.89. The molecule has 0 unspecified atom stereocenters. The lowest BCUT2D eigenvalue weighted by Gasteiger charge is -2.04. The highest BCUT2D eigenvalue weighted by Gasteiger charge is 2.04. The zero-order chi connectivity index (χ0) is 10.8. The molecule has 0 aliphatic heterocycles.